The van der Waals surface area contributed by atoms with Crippen LogP contribution in [0.25, 0.3) is 11.0 Å². The van der Waals surface area contributed by atoms with Gasteiger partial charge in [0, 0.05) is 0 Å². The number of esters is 1. The molecule has 0 atom stereocenters. The Morgan fingerprint density at radius 1 is 1.23 bits per heavy atom. The minimum absolute atomic E-state index is 0.193. The van der Waals surface area contributed by atoms with Crippen molar-refractivity contribution in [3.05, 3.63) is 59.7 Å². The van der Waals surface area contributed by atoms with E-state index in [1.165, 1.54) is 25.1 Å². The SMILES string of the molecule is COC(=O)c1ccc(C=NNC(=O)CSc2nc3ccccc3[nH]2)cc1. The van der Waals surface area contributed by atoms with Crippen LogP contribution in [0.1, 0.15) is 15.9 Å². The van der Waals surface area contributed by atoms with E-state index in [0.717, 1.165) is 16.6 Å². The number of amides is 1. The Kier molecular flexibility index (Phi) is 5.65. The first-order valence-corrected chi connectivity index (χ1v) is 8.72. The van der Waals surface area contributed by atoms with Gasteiger partial charge in [0.15, 0.2) is 5.16 Å². The minimum atomic E-state index is -0.399. The number of H-pyrrole nitrogens is 1. The van der Waals surface area contributed by atoms with E-state index in [4.69, 9.17) is 0 Å². The summed E-state index contributed by atoms with van der Waals surface area (Å²) in [5, 5.41) is 4.59. The molecule has 0 saturated heterocycles. The van der Waals surface area contributed by atoms with Crippen molar-refractivity contribution in [1.29, 1.82) is 0 Å². The normalized spacial score (nSPS) is 11.0. The number of hydrogen-bond donors (Lipinski definition) is 2. The predicted molar refractivity (Wildman–Crippen MR) is 100 cm³/mol. The molecule has 7 nitrogen and oxygen atoms in total. The Bertz CT molecular complexity index is 917. The van der Waals surface area contributed by atoms with Gasteiger partial charge in [-0.3, -0.25) is 4.79 Å². The van der Waals surface area contributed by atoms with Gasteiger partial charge in [-0.2, -0.15) is 5.10 Å². The molecule has 2 N–H and O–H groups in total. The summed E-state index contributed by atoms with van der Waals surface area (Å²) in [5.74, 6) is -0.444. The number of rotatable bonds is 6. The van der Waals surface area contributed by atoms with Crippen LogP contribution in [-0.2, 0) is 9.53 Å². The smallest absolute Gasteiger partial charge is 0.337 e. The second-order valence-corrected chi connectivity index (χ2v) is 6.22. The third-order valence-corrected chi connectivity index (χ3v) is 4.32. The number of nitrogens with one attached hydrogen (secondary N) is 2. The van der Waals surface area contributed by atoms with Crippen LogP contribution in [0, 0.1) is 0 Å². The lowest BCUT2D eigenvalue weighted by Gasteiger charge is -2.00. The van der Waals surface area contributed by atoms with Gasteiger partial charge in [-0.05, 0) is 29.8 Å². The Morgan fingerprint density at radius 3 is 2.73 bits per heavy atom. The summed E-state index contributed by atoms with van der Waals surface area (Å²) >= 11 is 1.30. The molecule has 0 bridgehead atoms. The Morgan fingerprint density at radius 2 is 2.00 bits per heavy atom. The third kappa shape index (κ3) is 4.48. The van der Waals surface area contributed by atoms with Gasteiger partial charge in [0.05, 0.1) is 35.7 Å². The number of imidazole rings is 1. The number of ether oxygens (including phenoxy) is 1. The van der Waals surface area contributed by atoms with Crippen LogP contribution in [0.3, 0.4) is 0 Å². The first kappa shape index (κ1) is 17.7. The largest absolute Gasteiger partial charge is 0.465 e. The number of carbonyl (C=O) groups is 2. The highest BCUT2D eigenvalue weighted by Crippen LogP contribution is 2.18. The molecule has 0 saturated carbocycles. The molecule has 132 valence electrons. The molecule has 1 aromatic heterocycles. The third-order valence-electron chi connectivity index (χ3n) is 3.44. The maximum Gasteiger partial charge on any atom is 0.337 e. The summed E-state index contributed by atoms with van der Waals surface area (Å²) in [5.41, 5.74) is 5.47. The van der Waals surface area contributed by atoms with Crippen molar-refractivity contribution >= 4 is 40.9 Å². The van der Waals surface area contributed by atoms with Gasteiger partial charge < -0.3 is 9.72 Å². The number of hydrogen-bond acceptors (Lipinski definition) is 6. The van der Waals surface area contributed by atoms with E-state index >= 15 is 0 Å². The van der Waals surface area contributed by atoms with E-state index < -0.39 is 5.97 Å². The van der Waals surface area contributed by atoms with Crippen LogP contribution in [-0.4, -0.2) is 40.9 Å². The lowest BCUT2D eigenvalue weighted by molar-refractivity contribution is -0.118. The van der Waals surface area contributed by atoms with Crippen molar-refractivity contribution in [1.82, 2.24) is 15.4 Å². The monoisotopic (exact) mass is 368 g/mol. The molecule has 0 unspecified atom stereocenters. The summed E-state index contributed by atoms with van der Waals surface area (Å²) < 4.78 is 4.63. The van der Waals surface area contributed by atoms with Gasteiger partial charge in [0.25, 0.3) is 5.91 Å². The van der Waals surface area contributed by atoms with Gasteiger partial charge in [0.1, 0.15) is 0 Å². The molecule has 1 amide bonds. The molecule has 0 fully saturated rings. The van der Waals surface area contributed by atoms with E-state index in [2.05, 4.69) is 25.2 Å². The van der Waals surface area contributed by atoms with Crippen molar-refractivity contribution in [2.75, 3.05) is 12.9 Å². The Hall–Kier alpha value is -3.13. The average Bonchev–Trinajstić information content (AvgIpc) is 3.09. The molecule has 0 radical (unpaired) electrons. The first-order valence-electron chi connectivity index (χ1n) is 7.73. The van der Waals surface area contributed by atoms with Crippen molar-refractivity contribution in [2.45, 2.75) is 5.16 Å². The standard InChI is InChI=1S/C18H16N4O3S/c1-25-17(24)13-8-6-12(7-9-13)10-19-22-16(23)11-26-18-20-14-4-2-3-5-15(14)21-18/h2-10H,11H2,1H3,(H,20,21)(H,22,23). The zero-order chi connectivity index (χ0) is 18.4. The minimum Gasteiger partial charge on any atom is -0.465 e. The molecule has 8 heteroatoms. The summed E-state index contributed by atoms with van der Waals surface area (Å²) in [6, 6.07) is 14.4. The Labute approximate surface area is 153 Å². The topological polar surface area (TPSA) is 96.4 Å². The lowest BCUT2D eigenvalue weighted by atomic mass is 10.1. The molecule has 26 heavy (non-hydrogen) atoms. The van der Waals surface area contributed by atoms with Gasteiger partial charge in [-0.15, -0.1) is 0 Å². The second kappa shape index (κ2) is 8.30. The highest BCUT2D eigenvalue weighted by molar-refractivity contribution is 7.99. The number of para-hydroxylation sites is 2. The number of nitrogens with zero attached hydrogens (tertiary/aromatic N) is 2. The maximum atomic E-state index is 11.9. The quantitative estimate of drug-likeness (QED) is 0.302. The van der Waals surface area contributed by atoms with Crippen LogP contribution < -0.4 is 5.43 Å². The van der Waals surface area contributed by atoms with Crippen LogP contribution in [0.5, 0.6) is 0 Å². The number of aromatic amines is 1. The summed E-state index contributed by atoms with van der Waals surface area (Å²) in [6.45, 7) is 0. The predicted octanol–water partition coefficient (Wildman–Crippen LogP) is 2.59. The van der Waals surface area contributed by atoms with Crippen LogP contribution in [0.4, 0.5) is 0 Å². The fourth-order valence-corrected chi connectivity index (χ4v) is 2.84. The van der Waals surface area contributed by atoms with Crippen molar-refractivity contribution in [2.24, 2.45) is 5.10 Å². The molecule has 1 heterocycles. The van der Waals surface area contributed by atoms with E-state index in [0.29, 0.717) is 10.7 Å². The highest BCUT2D eigenvalue weighted by atomic mass is 32.2. The van der Waals surface area contributed by atoms with Gasteiger partial charge in [-0.1, -0.05) is 36.0 Å². The van der Waals surface area contributed by atoms with Gasteiger partial charge >= 0.3 is 5.97 Å². The summed E-state index contributed by atoms with van der Waals surface area (Å²) in [6.07, 6.45) is 1.50. The molecule has 3 rings (SSSR count). The van der Waals surface area contributed by atoms with Crippen molar-refractivity contribution in [3.8, 4) is 0 Å². The lowest BCUT2D eigenvalue weighted by Crippen LogP contribution is -2.19. The summed E-state index contributed by atoms with van der Waals surface area (Å²) in [4.78, 5) is 30.7. The van der Waals surface area contributed by atoms with E-state index in [9.17, 15) is 9.59 Å². The van der Waals surface area contributed by atoms with E-state index in [1.807, 2.05) is 24.3 Å². The molecule has 0 aliphatic carbocycles. The Balaban J connectivity index is 1.48. The van der Waals surface area contributed by atoms with Crippen LogP contribution >= 0.6 is 11.8 Å². The number of thioether (sulfide) groups is 1. The zero-order valence-corrected chi connectivity index (χ0v) is 14.7. The van der Waals surface area contributed by atoms with E-state index in [1.54, 1.807) is 24.3 Å². The fourth-order valence-electron chi connectivity index (χ4n) is 2.17. The van der Waals surface area contributed by atoms with Crippen LogP contribution in [0.15, 0.2) is 58.8 Å². The fraction of sp³-hybridized carbons (Fsp3) is 0.111. The highest BCUT2D eigenvalue weighted by Gasteiger charge is 2.06. The molecule has 2 aromatic carbocycles. The first-order chi connectivity index (χ1) is 12.7. The van der Waals surface area contributed by atoms with Crippen molar-refractivity contribution in [3.63, 3.8) is 0 Å². The van der Waals surface area contributed by atoms with E-state index in [-0.39, 0.29) is 11.7 Å². The molecule has 0 spiro atoms. The number of aromatic nitrogens is 2. The maximum absolute atomic E-state index is 11.9. The average molecular weight is 368 g/mol. The number of methoxy groups -OCH3 is 1. The number of hydrazone groups is 1. The van der Waals surface area contributed by atoms with Crippen LogP contribution in [0.2, 0.25) is 0 Å². The zero-order valence-electron chi connectivity index (χ0n) is 13.9. The molecular formula is C18H16N4O3S. The second-order valence-electron chi connectivity index (χ2n) is 5.25. The number of fused-ring (bicyclic) bond motifs is 1. The molecule has 0 aliphatic heterocycles. The summed E-state index contributed by atoms with van der Waals surface area (Å²) in [7, 11) is 1.33. The molecule has 3 aromatic rings. The molecular weight excluding hydrogens is 352 g/mol. The van der Waals surface area contributed by atoms with Crippen molar-refractivity contribution < 1.29 is 14.3 Å². The van der Waals surface area contributed by atoms with Gasteiger partial charge in [0.2, 0.25) is 0 Å². The van der Waals surface area contributed by atoms with Gasteiger partial charge in [-0.25, -0.2) is 15.2 Å². The number of benzene rings is 2. The molecule has 0 aliphatic rings. The number of carbonyl (C=O) groups excluding carboxylic acids is 2.